The van der Waals surface area contributed by atoms with E-state index in [4.69, 9.17) is 11.6 Å². The Morgan fingerprint density at radius 1 is 1.50 bits per heavy atom. The molecule has 0 atom stereocenters. The van der Waals surface area contributed by atoms with Crippen LogP contribution in [0.15, 0.2) is 33.4 Å². The fraction of sp³-hybridized carbons (Fsp3) is 0.0833. The molecule has 1 aromatic carbocycles. The van der Waals surface area contributed by atoms with Gasteiger partial charge in [0.25, 0.3) is 0 Å². The topological polar surface area (TPSA) is 29.1 Å². The molecule has 2 nitrogen and oxygen atoms in total. The molecular formula is C12H8BrClFNOS. The first-order chi connectivity index (χ1) is 8.56. The van der Waals surface area contributed by atoms with Crippen molar-refractivity contribution in [1.82, 2.24) is 0 Å². The van der Waals surface area contributed by atoms with Gasteiger partial charge >= 0.3 is 0 Å². The summed E-state index contributed by atoms with van der Waals surface area (Å²) in [4.78, 5) is 11.8. The van der Waals surface area contributed by atoms with Crippen LogP contribution in [0.25, 0.3) is 0 Å². The number of rotatable bonds is 3. The molecule has 0 saturated heterocycles. The highest BCUT2D eigenvalue weighted by Crippen LogP contribution is 2.31. The van der Waals surface area contributed by atoms with E-state index in [1.165, 1.54) is 17.4 Å². The Kier molecular flexibility index (Phi) is 4.37. The summed E-state index contributed by atoms with van der Waals surface area (Å²) in [6, 6.07) is 4.30. The summed E-state index contributed by atoms with van der Waals surface area (Å²) >= 11 is 10.6. The third kappa shape index (κ3) is 3.31. The first kappa shape index (κ1) is 13.5. The zero-order valence-electron chi connectivity index (χ0n) is 9.04. The van der Waals surface area contributed by atoms with Gasteiger partial charge in [-0.25, -0.2) is 4.39 Å². The van der Waals surface area contributed by atoms with E-state index in [1.54, 1.807) is 0 Å². The number of nitrogens with one attached hydrogen (secondary N) is 1. The maximum atomic E-state index is 13.0. The molecule has 1 aromatic heterocycles. The summed E-state index contributed by atoms with van der Waals surface area (Å²) in [6.07, 6.45) is 0.268. The molecule has 2 aromatic rings. The fourth-order valence-corrected chi connectivity index (χ4v) is 2.99. The van der Waals surface area contributed by atoms with Crippen LogP contribution in [-0.2, 0) is 11.2 Å². The van der Waals surface area contributed by atoms with Crippen molar-refractivity contribution in [1.29, 1.82) is 0 Å². The Morgan fingerprint density at radius 2 is 2.28 bits per heavy atom. The van der Waals surface area contributed by atoms with Crippen LogP contribution in [-0.4, -0.2) is 5.91 Å². The van der Waals surface area contributed by atoms with E-state index in [2.05, 4.69) is 21.2 Å². The van der Waals surface area contributed by atoms with Crippen molar-refractivity contribution < 1.29 is 9.18 Å². The van der Waals surface area contributed by atoms with Gasteiger partial charge in [-0.2, -0.15) is 11.3 Å². The van der Waals surface area contributed by atoms with E-state index in [0.29, 0.717) is 10.2 Å². The quantitative estimate of drug-likeness (QED) is 0.870. The van der Waals surface area contributed by atoms with Crippen molar-refractivity contribution in [3.8, 4) is 0 Å². The number of carbonyl (C=O) groups is 1. The van der Waals surface area contributed by atoms with Gasteiger partial charge < -0.3 is 5.32 Å². The summed E-state index contributed by atoms with van der Waals surface area (Å²) in [5, 5.41) is 6.64. The minimum Gasteiger partial charge on any atom is -0.324 e. The van der Waals surface area contributed by atoms with Gasteiger partial charge in [0, 0.05) is 4.47 Å². The molecule has 0 aliphatic heterocycles. The van der Waals surface area contributed by atoms with Crippen LogP contribution in [0.1, 0.15) is 5.56 Å². The van der Waals surface area contributed by atoms with Crippen LogP contribution in [0.5, 0.6) is 0 Å². The molecule has 0 aliphatic carbocycles. The highest BCUT2D eigenvalue weighted by atomic mass is 79.9. The van der Waals surface area contributed by atoms with Gasteiger partial charge in [0.05, 0.1) is 17.1 Å². The predicted molar refractivity (Wildman–Crippen MR) is 75.8 cm³/mol. The number of hydrogen-bond acceptors (Lipinski definition) is 2. The second-order valence-corrected chi connectivity index (χ2v) is 5.64. The number of amides is 1. The van der Waals surface area contributed by atoms with Crippen LogP contribution < -0.4 is 5.32 Å². The molecule has 0 aliphatic rings. The minimum absolute atomic E-state index is 0.167. The summed E-state index contributed by atoms with van der Waals surface area (Å²) in [5.74, 6) is -0.648. The number of halogens is 3. The van der Waals surface area contributed by atoms with E-state index >= 15 is 0 Å². The first-order valence-corrected chi connectivity index (χ1v) is 7.13. The molecule has 0 spiro atoms. The van der Waals surface area contributed by atoms with Gasteiger partial charge in [0.15, 0.2) is 0 Å². The van der Waals surface area contributed by atoms with E-state index in [0.717, 1.165) is 11.6 Å². The van der Waals surface area contributed by atoms with Gasteiger partial charge in [0.2, 0.25) is 5.91 Å². The van der Waals surface area contributed by atoms with Crippen molar-refractivity contribution in [2.75, 3.05) is 5.32 Å². The zero-order chi connectivity index (χ0) is 13.1. The second kappa shape index (κ2) is 5.82. The highest BCUT2D eigenvalue weighted by Gasteiger charge is 2.12. The van der Waals surface area contributed by atoms with Crippen molar-refractivity contribution in [2.24, 2.45) is 0 Å². The molecule has 1 amide bonds. The molecule has 0 fully saturated rings. The minimum atomic E-state index is -0.456. The van der Waals surface area contributed by atoms with E-state index in [-0.39, 0.29) is 17.4 Å². The monoisotopic (exact) mass is 347 g/mol. The fourth-order valence-electron chi connectivity index (χ4n) is 1.42. The lowest BCUT2D eigenvalue weighted by Gasteiger charge is -2.09. The van der Waals surface area contributed by atoms with Gasteiger partial charge in [-0.1, -0.05) is 11.6 Å². The van der Waals surface area contributed by atoms with Crippen molar-refractivity contribution >= 4 is 50.5 Å². The van der Waals surface area contributed by atoms with Crippen molar-refractivity contribution in [3.63, 3.8) is 0 Å². The number of carbonyl (C=O) groups excluding carboxylic acids is 1. The van der Waals surface area contributed by atoms with Crippen LogP contribution in [0.2, 0.25) is 5.02 Å². The Labute approximate surface area is 121 Å². The van der Waals surface area contributed by atoms with Crippen molar-refractivity contribution in [2.45, 2.75) is 6.42 Å². The predicted octanol–water partition coefficient (Wildman–Crippen LogP) is 4.48. The Bertz CT molecular complexity index is 550. The van der Waals surface area contributed by atoms with E-state index in [1.807, 2.05) is 16.8 Å². The standard InChI is InChI=1S/C12H8BrClFNOS/c13-9-4-8(15)5-10(14)12(9)16-11(17)3-7-1-2-18-6-7/h1-2,4-6H,3H2,(H,16,17). The Morgan fingerprint density at radius 3 is 2.89 bits per heavy atom. The highest BCUT2D eigenvalue weighted by molar-refractivity contribution is 9.10. The SMILES string of the molecule is O=C(Cc1ccsc1)Nc1c(Cl)cc(F)cc1Br. The van der Waals surface area contributed by atoms with Crippen LogP contribution in [0.4, 0.5) is 10.1 Å². The molecule has 6 heteroatoms. The molecular weight excluding hydrogens is 341 g/mol. The third-order valence-corrected chi connectivity index (χ3v) is 3.87. The smallest absolute Gasteiger partial charge is 0.228 e. The van der Waals surface area contributed by atoms with Crippen LogP contribution in [0.3, 0.4) is 0 Å². The molecule has 0 saturated carbocycles. The normalized spacial score (nSPS) is 10.4. The van der Waals surface area contributed by atoms with Gasteiger partial charge in [-0.15, -0.1) is 0 Å². The van der Waals surface area contributed by atoms with Crippen molar-refractivity contribution in [3.05, 3.63) is 49.8 Å². The molecule has 0 unspecified atom stereocenters. The Balaban J connectivity index is 2.12. The zero-order valence-corrected chi connectivity index (χ0v) is 12.2. The molecule has 1 N–H and O–H groups in total. The van der Waals surface area contributed by atoms with E-state index < -0.39 is 5.82 Å². The number of anilines is 1. The summed E-state index contributed by atoms with van der Waals surface area (Å²) in [5.41, 5.74) is 1.32. The van der Waals surface area contributed by atoms with Gasteiger partial charge in [0.1, 0.15) is 5.82 Å². The molecule has 0 bridgehead atoms. The summed E-state index contributed by atoms with van der Waals surface area (Å²) < 4.78 is 13.4. The number of hydrogen-bond donors (Lipinski definition) is 1. The molecule has 2 rings (SSSR count). The summed E-state index contributed by atoms with van der Waals surface area (Å²) in [6.45, 7) is 0. The molecule has 18 heavy (non-hydrogen) atoms. The molecule has 0 radical (unpaired) electrons. The van der Waals surface area contributed by atoms with Crippen LogP contribution in [0, 0.1) is 5.82 Å². The average Bonchev–Trinajstić information content (AvgIpc) is 2.76. The third-order valence-electron chi connectivity index (χ3n) is 2.22. The largest absolute Gasteiger partial charge is 0.324 e. The molecule has 94 valence electrons. The van der Waals surface area contributed by atoms with Gasteiger partial charge in [-0.05, 0) is 50.5 Å². The maximum Gasteiger partial charge on any atom is 0.228 e. The number of thiophene rings is 1. The number of benzene rings is 1. The lowest BCUT2D eigenvalue weighted by Crippen LogP contribution is -2.14. The van der Waals surface area contributed by atoms with Crippen LogP contribution >= 0.6 is 38.9 Å². The first-order valence-electron chi connectivity index (χ1n) is 5.01. The summed E-state index contributed by atoms with van der Waals surface area (Å²) in [7, 11) is 0. The lowest BCUT2D eigenvalue weighted by atomic mass is 10.2. The van der Waals surface area contributed by atoms with Gasteiger partial charge in [-0.3, -0.25) is 4.79 Å². The van der Waals surface area contributed by atoms with E-state index in [9.17, 15) is 9.18 Å². The lowest BCUT2D eigenvalue weighted by molar-refractivity contribution is -0.115. The second-order valence-electron chi connectivity index (χ2n) is 3.60. The average molecular weight is 349 g/mol. The maximum absolute atomic E-state index is 13.0. The molecule has 1 heterocycles. The Hall–Kier alpha value is -0.910.